The number of hydrogen-bond donors (Lipinski definition) is 0. The monoisotopic (exact) mass is 325 g/mol. The van der Waals surface area contributed by atoms with Gasteiger partial charge in [0.05, 0.1) is 16.6 Å². The van der Waals surface area contributed by atoms with Crippen molar-refractivity contribution in [2.24, 2.45) is 0 Å². The summed E-state index contributed by atoms with van der Waals surface area (Å²) in [6.45, 7) is 0. The minimum atomic E-state index is -0.509. The van der Waals surface area contributed by atoms with Crippen molar-refractivity contribution in [1.82, 2.24) is 10.2 Å². The third kappa shape index (κ3) is 2.30. The Bertz CT molecular complexity index is 1070. The van der Waals surface area contributed by atoms with Gasteiger partial charge in [0.1, 0.15) is 11.4 Å². The van der Waals surface area contributed by atoms with E-state index in [-0.39, 0.29) is 28.8 Å². The quantitative estimate of drug-likeness (QED) is 0.414. The summed E-state index contributed by atoms with van der Waals surface area (Å²) in [4.78, 5) is 10.3. The molecule has 0 aliphatic rings. The molecule has 4 aromatic rings. The van der Waals surface area contributed by atoms with E-state index in [4.69, 9.17) is 8.83 Å². The fraction of sp³-hybridized carbons (Fsp3) is 0. The summed E-state index contributed by atoms with van der Waals surface area (Å²) in [6, 6.07) is 11.9. The van der Waals surface area contributed by atoms with Gasteiger partial charge in [-0.1, -0.05) is 12.1 Å². The van der Waals surface area contributed by atoms with E-state index >= 15 is 0 Å². The maximum Gasteiger partial charge on any atom is 0.283 e. The van der Waals surface area contributed by atoms with Crippen LogP contribution in [0.2, 0.25) is 0 Å². The van der Waals surface area contributed by atoms with E-state index in [2.05, 4.69) is 10.2 Å². The Morgan fingerprint density at radius 2 is 1.79 bits per heavy atom. The van der Waals surface area contributed by atoms with Crippen molar-refractivity contribution in [1.29, 1.82) is 0 Å². The topological polar surface area (TPSA) is 95.2 Å². The SMILES string of the molecule is O=[N+]([O-])c1ccc2cc(-c3nnc(-c4ccccc4F)o3)oc2c1. The van der Waals surface area contributed by atoms with Crippen molar-refractivity contribution in [2.45, 2.75) is 0 Å². The molecular weight excluding hydrogens is 317 g/mol. The fourth-order valence-corrected chi connectivity index (χ4v) is 2.31. The van der Waals surface area contributed by atoms with Crippen LogP contribution >= 0.6 is 0 Å². The zero-order valence-electron chi connectivity index (χ0n) is 12.0. The Labute approximate surface area is 133 Å². The highest BCUT2D eigenvalue weighted by molar-refractivity contribution is 5.83. The van der Waals surface area contributed by atoms with Gasteiger partial charge in [-0.25, -0.2) is 4.39 Å². The van der Waals surface area contributed by atoms with Crippen molar-refractivity contribution in [3.63, 3.8) is 0 Å². The minimum absolute atomic E-state index is 0.0227. The Morgan fingerprint density at radius 3 is 2.58 bits per heavy atom. The van der Waals surface area contributed by atoms with Crippen molar-refractivity contribution >= 4 is 16.7 Å². The van der Waals surface area contributed by atoms with Gasteiger partial charge < -0.3 is 8.83 Å². The lowest BCUT2D eigenvalue weighted by molar-refractivity contribution is -0.384. The molecule has 0 unspecified atom stereocenters. The highest BCUT2D eigenvalue weighted by atomic mass is 19.1. The second-order valence-electron chi connectivity index (χ2n) is 4.98. The third-order valence-electron chi connectivity index (χ3n) is 3.45. The summed E-state index contributed by atoms with van der Waals surface area (Å²) in [5.41, 5.74) is 0.425. The standard InChI is InChI=1S/C16H8FN3O4/c17-12-4-2-1-3-11(12)15-18-19-16(24-15)14-7-9-5-6-10(20(21)22)8-13(9)23-14/h1-8H. The van der Waals surface area contributed by atoms with Crippen molar-refractivity contribution < 1.29 is 18.1 Å². The van der Waals surface area contributed by atoms with Crippen molar-refractivity contribution in [3.8, 4) is 23.1 Å². The highest BCUT2D eigenvalue weighted by Gasteiger charge is 2.18. The van der Waals surface area contributed by atoms with Gasteiger partial charge >= 0.3 is 0 Å². The summed E-state index contributed by atoms with van der Waals surface area (Å²) in [7, 11) is 0. The Balaban J connectivity index is 1.76. The maximum atomic E-state index is 13.8. The molecule has 0 bridgehead atoms. The zero-order valence-corrected chi connectivity index (χ0v) is 12.0. The van der Waals surface area contributed by atoms with Gasteiger partial charge in [0.2, 0.25) is 0 Å². The van der Waals surface area contributed by atoms with E-state index in [1.807, 2.05) is 0 Å². The van der Waals surface area contributed by atoms with Crippen LogP contribution in [0.4, 0.5) is 10.1 Å². The van der Waals surface area contributed by atoms with Crippen molar-refractivity contribution in [2.75, 3.05) is 0 Å². The Hall–Kier alpha value is -3.55. The second kappa shape index (κ2) is 5.27. The van der Waals surface area contributed by atoms with Crippen LogP contribution in [0.15, 0.2) is 57.4 Å². The number of benzene rings is 2. The van der Waals surface area contributed by atoms with Crippen LogP contribution < -0.4 is 0 Å². The maximum absolute atomic E-state index is 13.8. The molecule has 4 rings (SSSR count). The van der Waals surface area contributed by atoms with E-state index in [9.17, 15) is 14.5 Å². The molecule has 24 heavy (non-hydrogen) atoms. The number of non-ortho nitro benzene ring substituents is 1. The third-order valence-corrected chi connectivity index (χ3v) is 3.45. The van der Waals surface area contributed by atoms with E-state index in [0.717, 1.165) is 0 Å². The largest absolute Gasteiger partial charge is 0.451 e. The van der Waals surface area contributed by atoms with Crippen LogP contribution in [0, 0.1) is 15.9 Å². The fourth-order valence-electron chi connectivity index (χ4n) is 2.31. The highest BCUT2D eigenvalue weighted by Crippen LogP contribution is 2.31. The van der Waals surface area contributed by atoms with Crippen molar-refractivity contribution in [3.05, 3.63) is 64.5 Å². The molecular formula is C16H8FN3O4. The van der Waals surface area contributed by atoms with Gasteiger partial charge in [-0.2, -0.15) is 0 Å². The van der Waals surface area contributed by atoms with Gasteiger partial charge in [-0.15, -0.1) is 10.2 Å². The molecule has 0 amide bonds. The van der Waals surface area contributed by atoms with Crippen LogP contribution in [0.5, 0.6) is 0 Å². The molecule has 0 fully saturated rings. The lowest BCUT2D eigenvalue weighted by Gasteiger charge is -1.95. The van der Waals surface area contributed by atoms with Gasteiger partial charge in [0.25, 0.3) is 17.5 Å². The summed E-state index contributed by atoms with van der Waals surface area (Å²) in [5.74, 6) is -0.143. The number of nitro benzene ring substituents is 1. The molecule has 8 heteroatoms. The summed E-state index contributed by atoms with van der Waals surface area (Å²) in [6.07, 6.45) is 0. The number of furan rings is 1. The molecule has 0 saturated carbocycles. The number of nitrogens with zero attached hydrogens (tertiary/aromatic N) is 3. The average Bonchev–Trinajstić information content (AvgIpc) is 3.21. The predicted molar refractivity (Wildman–Crippen MR) is 81.6 cm³/mol. The first-order valence-electron chi connectivity index (χ1n) is 6.88. The Morgan fingerprint density at radius 1 is 1.00 bits per heavy atom. The van der Waals surface area contributed by atoms with E-state index < -0.39 is 10.7 Å². The van der Waals surface area contributed by atoms with Crippen LogP contribution in [0.1, 0.15) is 0 Å². The first-order chi connectivity index (χ1) is 11.6. The number of halogens is 1. The molecule has 7 nitrogen and oxygen atoms in total. The molecule has 0 radical (unpaired) electrons. The molecule has 118 valence electrons. The van der Waals surface area contributed by atoms with Crippen LogP contribution in [-0.4, -0.2) is 15.1 Å². The lowest BCUT2D eigenvalue weighted by atomic mass is 10.2. The first-order valence-corrected chi connectivity index (χ1v) is 6.88. The number of rotatable bonds is 3. The van der Waals surface area contributed by atoms with Gasteiger partial charge in [0, 0.05) is 11.5 Å². The molecule has 2 aromatic carbocycles. The van der Waals surface area contributed by atoms with Gasteiger partial charge in [-0.05, 0) is 24.3 Å². The molecule has 2 heterocycles. The normalized spacial score (nSPS) is 11.0. The molecule has 0 aliphatic carbocycles. The second-order valence-corrected chi connectivity index (χ2v) is 4.98. The van der Waals surface area contributed by atoms with E-state index in [0.29, 0.717) is 11.0 Å². The minimum Gasteiger partial charge on any atom is -0.451 e. The zero-order chi connectivity index (χ0) is 16.7. The average molecular weight is 325 g/mol. The number of hydrogen-bond acceptors (Lipinski definition) is 6. The van der Waals surface area contributed by atoms with Crippen LogP contribution in [-0.2, 0) is 0 Å². The number of aromatic nitrogens is 2. The Kier molecular flexibility index (Phi) is 3.09. The molecule has 0 spiro atoms. The van der Waals surface area contributed by atoms with E-state index in [1.165, 1.54) is 24.3 Å². The summed E-state index contributed by atoms with van der Waals surface area (Å²) >= 11 is 0. The first kappa shape index (κ1) is 14.1. The molecule has 0 N–H and O–H groups in total. The smallest absolute Gasteiger partial charge is 0.283 e. The van der Waals surface area contributed by atoms with Crippen LogP contribution in [0.25, 0.3) is 34.1 Å². The summed E-state index contributed by atoms with van der Waals surface area (Å²) < 4.78 is 24.7. The van der Waals surface area contributed by atoms with Crippen LogP contribution in [0.3, 0.4) is 0 Å². The van der Waals surface area contributed by atoms with E-state index in [1.54, 1.807) is 24.3 Å². The summed E-state index contributed by atoms with van der Waals surface area (Å²) in [5, 5.41) is 19.1. The number of nitro groups is 1. The molecule has 2 aromatic heterocycles. The molecule has 0 atom stereocenters. The van der Waals surface area contributed by atoms with Gasteiger partial charge in [0.15, 0.2) is 5.76 Å². The molecule has 0 saturated heterocycles. The van der Waals surface area contributed by atoms with Gasteiger partial charge in [-0.3, -0.25) is 10.1 Å². The molecule has 0 aliphatic heterocycles. The predicted octanol–water partition coefficient (Wildman–Crippen LogP) is 4.20. The number of fused-ring (bicyclic) bond motifs is 1. The lowest BCUT2D eigenvalue weighted by Crippen LogP contribution is -1.85.